The quantitative estimate of drug-likeness (QED) is 0.543. The second-order valence-corrected chi connectivity index (χ2v) is 10.6. The Balaban J connectivity index is 1.78. The first-order valence-electron chi connectivity index (χ1n) is 13.0. The Bertz CT molecular complexity index is 1180. The van der Waals surface area contributed by atoms with E-state index in [1.54, 1.807) is 0 Å². The maximum atomic E-state index is 15.2. The van der Waals surface area contributed by atoms with E-state index in [1.165, 1.54) is 30.0 Å². The fraction of sp³-hybridized carbons (Fsp3) is 0.483. The van der Waals surface area contributed by atoms with Gasteiger partial charge in [0.25, 0.3) is 0 Å². The second kappa shape index (κ2) is 11.6. The summed E-state index contributed by atoms with van der Waals surface area (Å²) in [6, 6.07) is 7.54. The van der Waals surface area contributed by atoms with Gasteiger partial charge in [-0.1, -0.05) is 44.2 Å². The number of hydrogen-bond acceptors (Lipinski definition) is 4. The van der Waals surface area contributed by atoms with Gasteiger partial charge in [-0.25, -0.2) is 8.78 Å². The van der Waals surface area contributed by atoms with Crippen molar-refractivity contribution in [2.75, 3.05) is 27.3 Å². The van der Waals surface area contributed by atoms with Crippen LogP contribution in [0, 0.1) is 23.5 Å². The molecule has 0 radical (unpaired) electrons. The topological polar surface area (TPSA) is 79.0 Å². The predicted octanol–water partition coefficient (Wildman–Crippen LogP) is 3.27. The summed E-state index contributed by atoms with van der Waals surface area (Å²) in [5, 5.41) is 2.93. The van der Waals surface area contributed by atoms with Crippen molar-refractivity contribution >= 4 is 17.7 Å². The first-order chi connectivity index (χ1) is 18.1. The molecular weight excluding hydrogens is 492 g/mol. The number of carbonyl (C=O) groups excluding carboxylic acids is 3. The number of likely N-dealkylation sites (N-methyl/N-ethyl adjacent to an activating group) is 1. The fourth-order valence-electron chi connectivity index (χ4n) is 5.55. The normalized spacial score (nSPS) is 20.4. The van der Waals surface area contributed by atoms with Crippen LogP contribution in [0.15, 0.2) is 42.5 Å². The maximum Gasteiger partial charge on any atom is 0.249 e. The lowest BCUT2D eigenvalue weighted by atomic mass is 9.87. The lowest BCUT2D eigenvalue weighted by Crippen LogP contribution is -2.67. The third-order valence-electron chi connectivity index (χ3n) is 7.48. The summed E-state index contributed by atoms with van der Waals surface area (Å²) in [6.07, 6.45) is 1.49. The number of piperazine rings is 1. The molecular formula is C29H35F2N3O4. The van der Waals surface area contributed by atoms with E-state index >= 15 is 4.39 Å². The number of amides is 3. The van der Waals surface area contributed by atoms with Crippen LogP contribution in [0.5, 0.6) is 0 Å². The number of methoxy groups -OCH3 is 1. The number of hydrogen-bond donors (Lipinski definition) is 1. The van der Waals surface area contributed by atoms with E-state index < -0.39 is 41.6 Å². The minimum atomic E-state index is -1.44. The van der Waals surface area contributed by atoms with Gasteiger partial charge < -0.3 is 19.9 Å². The number of nitrogens with one attached hydrogen (secondary N) is 1. The molecule has 0 spiro atoms. The molecule has 1 fully saturated rings. The molecule has 1 aliphatic carbocycles. The Kier molecular flexibility index (Phi) is 8.45. The molecule has 1 heterocycles. The highest BCUT2D eigenvalue weighted by atomic mass is 19.1. The molecule has 0 saturated carbocycles. The summed E-state index contributed by atoms with van der Waals surface area (Å²) in [5.74, 6) is -3.32. The molecule has 1 aliphatic heterocycles. The van der Waals surface area contributed by atoms with Crippen LogP contribution < -0.4 is 5.32 Å². The van der Waals surface area contributed by atoms with E-state index in [-0.39, 0.29) is 42.9 Å². The van der Waals surface area contributed by atoms with E-state index in [9.17, 15) is 18.8 Å². The number of ether oxygens (including phenoxy) is 1. The molecule has 2 aromatic rings. The summed E-state index contributed by atoms with van der Waals surface area (Å²) in [5.41, 5.74) is 2.09. The molecule has 1 N–H and O–H groups in total. The van der Waals surface area contributed by atoms with E-state index in [2.05, 4.69) is 5.32 Å². The lowest BCUT2D eigenvalue weighted by Gasteiger charge is -2.45. The molecule has 1 unspecified atom stereocenters. The number of fused-ring (bicyclic) bond motifs is 1. The molecule has 1 saturated heterocycles. The van der Waals surface area contributed by atoms with Gasteiger partial charge in [0.1, 0.15) is 29.8 Å². The van der Waals surface area contributed by atoms with E-state index in [1.807, 2.05) is 38.1 Å². The number of nitrogens with zero attached hydrogens (tertiary/aromatic N) is 2. The van der Waals surface area contributed by atoms with Gasteiger partial charge in [0.15, 0.2) is 0 Å². The largest absolute Gasteiger partial charge is 0.383 e. The average molecular weight is 528 g/mol. The van der Waals surface area contributed by atoms with Crippen LogP contribution >= 0.6 is 0 Å². The number of halogens is 2. The number of rotatable bonds is 9. The monoisotopic (exact) mass is 527 g/mol. The molecule has 3 atom stereocenters. The molecule has 4 rings (SSSR count). The maximum absolute atomic E-state index is 15.2. The fourth-order valence-corrected chi connectivity index (χ4v) is 5.55. The molecule has 0 bridgehead atoms. The Morgan fingerprint density at radius 3 is 2.37 bits per heavy atom. The average Bonchev–Trinajstić information content (AvgIpc) is 3.31. The van der Waals surface area contributed by atoms with Crippen molar-refractivity contribution in [2.24, 2.45) is 11.8 Å². The van der Waals surface area contributed by atoms with Gasteiger partial charge in [0, 0.05) is 32.3 Å². The van der Waals surface area contributed by atoms with Crippen LogP contribution in [0.2, 0.25) is 0 Å². The molecule has 9 heteroatoms. The van der Waals surface area contributed by atoms with Crippen LogP contribution in [-0.2, 0) is 32.0 Å². The Hall–Kier alpha value is -3.33. The highest BCUT2D eigenvalue weighted by Crippen LogP contribution is 2.36. The van der Waals surface area contributed by atoms with Crippen molar-refractivity contribution < 1.29 is 27.9 Å². The lowest BCUT2D eigenvalue weighted by molar-refractivity contribution is -0.160. The van der Waals surface area contributed by atoms with Crippen molar-refractivity contribution in [1.29, 1.82) is 0 Å². The van der Waals surface area contributed by atoms with Gasteiger partial charge in [-0.05, 0) is 48.3 Å². The van der Waals surface area contributed by atoms with Crippen molar-refractivity contribution in [3.8, 4) is 0 Å². The highest BCUT2D eigenvalue weighted by molar-refractivity contribution is 6.00. The third kappa shape index (κ3) is 5.57. The highest BCUT2D eigenvalue weighted by Gasteiger charge is 2.50. The first kappa shape index (κ1) is 27.7. The van der Waals surface area contributed by atoms with Gasteiger partial charge in [-0.3, -0.25) is 14.4 Å². The number of benzene rings is 2. The summed E-state index contributed by atoms with van der Waals surface area (Å²) in [7, 11) is 3.03. The summed E-state index contributed by atoms with van der Waals surface area (Å²) in [4.78, 5) is 44.3. The Morgan fingerprint density at radius 1 is 1.13 bits per heavy atom. The predicted molar refractivity (Wildman–Crippen MR) is 138 cm³/mol. The van der Waals surface area contributed by atoms with Gasteiger partial charge in [-0.2, -0.15) is 0 Å². The van der Waals surface area contributed by atoms with Crippen molar-refractivity contribution in [3.05, 3.63) is 70.8 Å². The van der Waals surface area contributed by atoms with Crippen LogP contribution in [0.1, 0.15) is 43.0 Å². The zero-order valence-electron chi connectivity index (χ0n) is 22.2. The Labute approximate surface area is 222 Å². The van der Waals surface area contributed by atoms with Gasteiger partial charge in [-0.15, -0.1) is 0 Å². The standard InChI is InChI=1S/C29H35F2N3O4/c1-17(2)13-24-27(35)32-25(20-14-18-7-5-6-8-19(18)15-20)28(36)34(24)26(29(37)33(3)11-12-38-4)22-10-9-21(30)16-23(22)31/h5-10,16-17,20,24-26H,11-15H2,1-4H3,(H,32,35)/t24-,25?,26-/m1/s1. The molecule has 3 amide bonds. The first-order valence-corrected chi connectivity index (χ1v) is 13.0. The third-order valence-corrected chi connectivity index (χ3v) is 7.48. The SMILES string of the molecule is COCCN(C)C(=O)[C@@H](c1ccc(F)cc1F)N1C(=O)C(C2Cc3ccccc3C2)NC(=O)[C@H]1CC(C)C. The minimum absolute atomic E-state index is 0.00775. The zero-order valence-corrected chi connectivity index (χ0v) is 22.2. The minimum Gasteiger partial charge on any atom is -0.383 e. The molecule has 38 heavy (non-hydrogen) atoms. The summed E-state index contributed by atoms with van der Waals surface area (Å²) >= 11 is 0. The van der Waals surface area contributed by atoms with E-state index in [4.69, 9.17) is 4.74 Å². The summed E-state index contributed by atoms with van der Waals surface area (Å²) < 4.78 is 34.2. The zero-order chi connectivity index (χ0) is 27.6. The molecule has 204 valence electrons. The molecule has 0 aromatic heterocycles. The van der Waals surface area contributed by atoms with Gasteiger partial charge in [0.2, 0.25) is 17.7 Å². The second-order valence-electron chi connectivity index (χ2n) is 10.6. The van der Waals surface area contributed by atoms with Crippen LogP contribution in [-0.4, -0.2) is 66.9 Å². The number of carbonyl (C=O) groups is 3. The Morgan fingerprint density at radius 2 is 1.79 bits per heavy atom. The van der Waals surface area contributed by atoms with E-state index in [0.717, 1.165) is 17.2 Å². The summed E-state index contributed by atoms with van der Waals surface area (Å²) in [6.45, 7) is 4.25. The molecule has 7 nitrogen and oxygen atoms in total. The molecule has 2 aromatic carbocycles. The van der Waals surface area contributed by atoms with Crippen LogP contribution in [0.3, 0.4) is 0 Å². The van der Waals surface area contributed by atoms with Crippen molar-refractivity contribution in [2.45, 2.75) is 51.2 Å². The van der Waals surface area contributed by atoms with Gasteiger partial charge >= 0.3 is 0 Å². The van der Waals surface area contributed by atoms with Crippen molar-refractivity contribution in [3.63, 3.8) is 0 Å². The van der Waals surface area contributed by atoms with Crippen LogP contribution in [0.25, 0.3) is 0 Å². The van der Waals surface area contributed by atoms with E-state index in [0.29, 0.717) is 18.9 Å². The van der Waals surface area contributed by atoms with Crippen molar-refractivity contribution in [1.82, 2.24) is 15.1 Å². The van der Waals surface area contributed by atoms with Crippen LogP contribution in [0.4, 0.5) is 8.78 Å². The smallest absolute Gasteiger partial charge is 0.249 e. The van der Waals surface area contributed by atoms with Gasteiger partial charge in [0.05, 0.1) is 6.61 Å². The molecule has 2 aliphatic rings.